The third-order valence-electron chi connectivity index (χ3n) is 3.07. The highest BCUT2D eigenvalue weighted by molar-refractivity contribution is 6.52. The molecule has 1 fully saturated rings. The minimum absolute atomic E-state index is 0.178. The van der Waals surface area contributed by atoms with E-state index in [-0.39, 0.29) is 11.8 Å². The number of hydrogen-bond donors (Lipinski definition) is 1. The van der Waals surface area contributed by atoms with Crippen LogP contribution in [0.3, 0.4) is 0 Å². The van der Waals surface area contributed by atoms with Gasteiger partial charge in [-0.25, -0.2) is 0 Å². The Morgan fingerprint density at radius 2 is 1.95 bits per heavy atom. The van der Waals surface area contributed by atoms with Gasteiger partial charge in [0, 0.05) is 25.6 Å². The molecular weight excluding hydrogens is 289 g/mol. The molecular formula is C13H13Cl2NO3. The van der Waals surface area contributed by atoms with E-state index >= 15 is 0 Å². The number of fused-ring (bicyclic) bond motifs is 1. The van der Waals surface area contributed by atoms with E-state index in [0.29, 0.717) is 23.6 Å². The molecule has 102 valence electrons. The molecule has 1 unspecified atom stereocenters. The van der Waals surface area contributed by atoms with E-state index in [2.05, 4.69) is 5.32 Å². The number of benzene rings is 1. The van der Waals surface area contributed by atoms with Crippen molar-refractivity contribution in [1.82, 2.24) is 0 Å². The molecule has 1 aliphatic carbocycles. The van der Waals surface area contributed by atoms with Crippen LogP contribution in [0.15, 0.2) is 18.2 Å². The van der Waals surface area contributed by atoms with E-state index in [4.69, 9.17) is 32.7 Å². The van der Waals surface area contributed by atoms with Crippen LogP contribution in [0, 0.1) is 5.92 Å². The SMILES string of the molecule is CC1(C)Oc2ccc(NC(=O)C3CC3(Cl)Cl)cc2O1. The fourth-order valence-electron chi connectivity index (χ4n) is 2.03. The van der Waals surface area contributed by atoms with Gasteiger partial charge in [-0.15, -0.1) is 23.2 Å². The van der Waals surface area contributed by atoms with Crippen molar-refractivity contribution in [3.8, 4) is 11.5 Å². The number of amides is 1. The lowest BCUT2D eigenvalue weighted by Gasteiger charge is -2.16. The molecule has 2 aliphatic rings. The summed E-state index contributed by atoms with van der Waals surface area (Å²) in [6.45, 7) is 3.65. The van der Waals surface area contributed by atoms with Crippen molar-refractivity contribution in [2.24, 2.45) is 5.92 Å². The van der Waals surface area contributed by atoms with Crippen LogP contribution < -0.4 is 14.8 Å². The molecule has 1 saturated carbocycles. The maximum atomic E-state index is 11.9. The van der Waals surface area contributed by atoms with Crippen molar-refractivity contribution < 1.29 is 14.3 Å². The summed E-state index contributed by atoms with van der Waals surface area (Å²) in [7, 11) is 0. The number of carbonyl (C=O) groups is 1. The Balaban J connectivity index is 1.73. The third kappa shape index (κ3) is 2.47. The van der Waals surface area contributed by atoms with Crippen molar-refractivity contribution in [3.05, 3.63) is 18.2 Å². The molecule has 0 radical (unpaired) electrons. The summed E-state index contributed by atoms with van der Waals surface area (Å²) < 4.78 is 10.3. The highest BCUT2D eigenvalue weighted by Gasteiger charge is 2.56. The van der Waals surface area contributed by atoms with E-state index in [1.54, 1.807) is 18.2 Å². The van der Waals surface area contributed by atoms with Crippen LogP contribution in [0.2, 0.25) is 0 Å². The summed E-state index contributed by atoms with van der Waals surface area (Å²) in [4.78, 5) is 11.9. The van der Waals surface area contributed by atoms with Gasteiger partial charge in [0.1, 0.15) is 4.33 Å². The summed E-state index contributed by atoms with van der Waals surface area (Å²) in [5.74, 6) is 0.0731. The smallest absolute Gasteiger partial charge is 0.246 e. The average Bonchev–Trinajstić information content (AvgIpc) is 2.79. The zero-order valence-electron chi connectivity index (χ0n) is 10.5. The Hall–Kier alpha value is -1.13. The summed E-state index contributed by atoms with van der Waals surface area (Å²) in [5.41, 5.74) is 0.640. The second-order valence-corrected chi connectivity index (χ2v) is 6.81. The van der Waals surface area contributed by atoms with Crippen molar-refractivity contribution in [3.63, 3.8) is 0 Å². The quantitative estimate of drug-likeness (QED) is 0.852. The molecule has 19 heavy (non-hydrogen) atoms. The Morgan fingerprint density at radius 3 is 2.58 bits per heavy atom. The van der Waals surface area contributed by atoms with E-state index in [9.17, 15) is 4.79 Å². The highest BCUT2D eigenvalue weighted by Crippen LogP contribution is 2.53. The predicted octanol–water partition coefficient (Wildman–Crippen LogP) is 3.33. The van der Waals surface area contributed by atoms with Crippen LogP contribution in [0.4, 0.5) is 5.69 Å². The number of halogens is 2. The lowest BCUT2D eigenvalue weighted by Crippen LogP contribution is -2.29. The molecule has 1 amide bonds. The number of anilines is 1. The van der Waals surface area contributed by atoms with Crippen LogP contribution >= 0.6 is 23.2 Å². The minimum atomic E-state index is -0.914. The molecule has 4 nitrogen and oxygen atoms in total. The van der Waals surface area contributed by atoms with Gasteiger partial charge in [0.05, 0.1) is 5.92 Å². The van der Waals surface area contributed by atoms with Crippen molar-refractivity contribution in [2.75, 3.05) is 5.32 Å². The number of alkyl halides is 2. The monoisotopic (exact) mass is 301 g/mol. The Labute approximate surface area is 121 Å². The first-order chi connectivity index (χ1) is 8.77. The highest BCUT2D eigenvalue weighted by atomic mass is 35.5. The van der Waals surface area contributed by atoms with Crippen molar-refractivity contribution >= 4 is 34.8 Å². The van der Waals surface area contributed by atoms with E-state index in [1.165, 1.54) is 0 Å². The summed E-state index contributed by atoms with van der Waals surface area (Å²) in [5, 5.41) is 2.77. The van der Waals surface area contributed by atoms with Gasteiger partial charge >= 0.3 is 0 Å². The molecule has 6 heteroatoms. The standard InChI is InChI=1S/C13H13Cl2NO3/c1-12(2)18-9-4-3-7(5-10(9)19-12)16-11(17)8-6-13(8,14)15/h3-5,8H,6H2,1-2H3,(H,16,17). The third-order valence-corrected chi connectivity index (χ3v) is 3.90. The van der Waals surface area contributed by atoms with Gasteiger partial charge < -0.3 is 14.8 Å². The van der Waals surface area contributed by atoms with Crippen molar-refractivity contribution in [2.45, 2.75) is 30.4 Å². The molecule has 1 atom stereocenters. The molecule has 0 aromatic heterocycles. The summed E-state index contributed by atoms with van der Waals surface area (Å²) in [6.07, 6.45) is 0.486. The van der Waals surface area contributed by atoms with Gasteiger partial charge in [-0.3, -0.25) is 4.79 Å². The molecule has 0 saturated heterocycles. The fraction of sp³-hybridized carbons (Fsp3) is 0.462. The van der Waals surface area contributed by atoms with E-state index in [1.807, 2.05) is 13.8 Å². The van der Waals surface area contributed by atoms with Gasteiger partial charge in [-0.1, -0.05) is 0 Å². The number of nitrogens with one attached hydrogen (secondary N) is 1. The molecule has 0 bridgehead atoms. The second-order valence-electron chi connectivity index (χ2n) is 5.27. The predicted molar refractivity (Wildman–Crippen MR) is 73.0 cm³/mol. The molecule has 3 rings (SSSR count). The van der Waals surface area contributed by atoms with Crippen LogP contribution in [-0.2, 0) is 4.79 Å². The summed E-state index contributed by atoms with van der Waals surface area (Å²) in [6, 6.07) is 5.25. The zero-order valence-corrected chi connectivity index (χ0v) is 12.0. The van der Waals surface area contributed by atoms with Crippen LogP contribution in [-0.4, -0.2) is 16.0 Å². The zero-order chi connectivity index (χ0) is 13.8. The van der Waals surface area contributed by atoms with Crippen LogP contribution in [0.1, 0.15) is 20.3 Å². The second kappa shape index (κ2) is 3.93. The Bertz CT molecular complexity index is 557. The van der Waals surface area contributed by atoms with Gasteiger partial charge in [-0.2, -0.15) is 0 Å². The number of ether oxygens (including phenoxy) is 2. The molecule has 1 aliphatic heterocycles. The normalized spacial score (nSPS) is 24.9. The Morgan fingerprint density at radius 1 is 1.32 bits per heavy atom. The first-order valence-corrected chi connectivity index (χ1v) is 6.73. The summed E-state index contributed by atoms with van der Waals surface area (Å²) >= 11 is 11.7. The van der Waals surface area contributed by atoms with Gasteiger partial charge in [0.25, 0.3) is 0 Å². The minimum Gasteiger partial charge on any atom is -0.449 e. The Kier molecular flexibility index (Phi) is 2.67. The molecule has 1 aromatic carbocycles. The number of carbonyl (C=O) groups excluding carboxylic acids is 1. The molecule has 1 aromatic rings. The van der Waals surface area contributed by atoms with Gasteiger partial charge in [-0.05, 0) is 18.6 Å². The topological polar surface area (TPSA) is 47.6 Å². The maximum absolute atomic E-state index is 11.9. The van der Waals surface area contributed by atoms with Crippen molar-refractivity contribution in [1.29, 1.82) is 0 Å². The van der Waals surface area contributed by atoms with E-state index < -0.39 is 10.1 Å². The largest absolute Gasteiger partial charge is 0.449 e. The maximum Gasteiger partial charge on any atom is 0.246 e. The number of hydrogen-bond acceptors (Lipinski definition) is 3. The average molecular weight is 302 g/mol. The van der Waals surface area contributed by atoms with E-state index in [0.717, 1.165) is 0 Å². The van der Waals surface area contributed by atoms with Gasteiger partial charge in [0.2, 0.25) is 11.7 Å². The van der Waals surface area contributed by atoms with Gasteiger partial charge in [0.15, 0.2) is 11.5 Å². The lowest BCUT2D eigenvalue weighted by molar-refractivity contribution is -0.117. The van der Waals surface area contributed by atoms with Crippen LogP contribution in [0.25, 0.3) is 0 Å². The fourth-order valence-corrected chi connectivity index (χ4v) is 2.53. The first kappa shape index (κ1) is 12.9. The molecule has 1 N–H and O–H groups in total. The molecule has 1 heterocycles. The van der Waals surface area contributed by atoms with Crippen LogP contribution in [0.5, 0.6) is 11.5 Å². The molecule has 0 spiro atoms. The number of rotatable bonds is 2. The lowest BCUT2D eigenvalue weighted by atomic mass is 10.2. The first-order valence-electron chi connectivity index (χ1n) is 5.98.